The average Bonchev–Trinajstić information content (AvgIpc) is 2.85. The monoisotopic (exact) mass is 345 g/mol. The first kappa shape index (κ1) is 14.6. The van der Waals surface area contributed by atoms with Gasteiger partial charge in [-0.3, -0.25) is 4.90 Å². The smallest absolute Gasteiger partial charge is 0.417 e. The van der Waals surface area contributed by atoms with Gasteiger partial charge in [-0.05, 0) is 30.9 Å². The molecule has 0 unspecified atom stereocenters. The number of aromatic nitrogens is 2. The van der Waals surface area contributed by atoms with Crippen LogP contribution in [-0.2, 0) is 11.7 Å². The fourth-order valence-electron chi connectivity index (χ4n) is 3.61. The van der Waals surface area contributed by atoms with E-state index < -0.39 is 28.4 Å². The molecule has 2 fully saturated rings. The molecule has 0 bridgehead atoms. The molecule has 1 amide bonds. The summed E-state index contributed by atoms with van der Waals surface area (Å²) in [6, 6.07) is 2.08. The zero-order chi connectivity index (χ0) is 16.6. The molecule has 5 nitrogen and oxygen atoms in total. The number of amides is 1. The molecule has 1 saturated carbocycles. The van der Waals surface area contributed by atoms with Gasteiger partial charge in [-0.2, -0.15) is 13.2 Å². The Bertz CT molecular complexity index is 835. The maximum absolute atomic E-state index is 12.9. The van der Waals surface area contributed by atoms with E-state index in [4.69, 9.17) is 11.6 Å². The van der Waals surface area contributed by atoms with E-state index in [-0.39, 0.29) is 11.4 Å². The van der Waals surface area contributed by atoms with Crippen molar-refractivity contribution in [1.29, 1.82) is 0 Å². The number of hydrogen-bond donors (Lipinski definition) is 2. The number of nitrogens with one attached hydrogen (secondary N) is 1. The summed E-state index contributed by atoms with van der Waals surface area (Å²) in [5.41, 5.74) is -1.17. The number of aromatic amines is 1. The van der Waals surface area contributed by atoms with Crippen LogP contribution in [0.5, 0.6) is 0 Å². The molecule has 1 aliphatic carbocycles. The minimum Gasteiger partial charge on any atom is -0.465 e. The van der Waals surface area contributed by atoms with Crippen molar-refractivity contribution in [3.05, 3.63) is 28.5 Å². The molecule has 2 aliphatic rings. The summed E-state index contributed by atoms with van der Waals surface area (Å²) in [4.78, 5) is 19.9. The van der Waals surface area contributed by atoms with Crippen LogP contribution in [0.2, 0.25) is 5.02 Å². The highest BCUT2D eigenvalue weighted by molar-refractivity contribution is 6.32. The summed E-state index contributed by atoms with van der Waals surface area (Å²) in [5.74, 6) is 0.560. The Morgan fingerprint density at radius 2 is 2.22 bits per heavy atom. The van der Waals surface area contributed by atoms with Crippen molar-refractivity contribution < 1.29 is 23.1 Å². The summed E-state index contributed by atoms with van der Waals surface area (Å²) in [6.07, 6.45) is -4.23. The van der Waals surface area contributed by atoms with E-state index in [1.807, 2.05) is 0 Å². The molecule has 2 aromatic rings. The van der Waals surface area contributed by atoms with Gasteiger partial charge in [0.2, 0.25) is 0 Å². The van der Waals surface area contributed by atoms with E-state index in [0.29, 0.717) is 24.3 Å². The second-order valence-electron chi connectivity index (χ2n) is 5.98. The first-order valence-corrected chi connectivity index (χ1v) is 7.39. The number of fused-ring (bicyclic) bond motifs is 2. The standard InChI is InChI=1S/C14H11ClF3N3O2/c15-8-4-10-9(3-7(8)14(16,17)18)19-11(20-10)13-5-6(13)1-2-21(13)12(22)23/h3-4,6H,1-2,5H2,(H,19,20)(H,22,23)/t6-,13+/m1/s1. The van der Waals surface area contributed by atoms with Crippen LogP contribution in [0, 0.1) is 5.92 Å². The number of hydrogen-bond acceptors (Lipinski definition) is 2. The highest BCUT2D eigenvalue weighted by Crippen LogP contribution is 2.61. The predicted molar refractivity (Wildman–Crippen MR) is 75.2 cm³/mol. The van der Waals surface area contributed by atoms with Crippen molar-refractivity contribution >= 4 is 28.7 Å². The third-order valence-corrected chi connectivity index (χ3v) is 5.09. The minimum absolute atomic E-state index is 0.133. The summed E-state index contributed by atoms with van der Waals surface area (Å²) < 4.78 is 38.8. The second kappa shape index (κ2) is 4.31. The molecule has 1 saturated heterocycles. The maximum Gasteiger partial charge on any atom is 0.417 e. The Morgan fingerprint density at radius 1 is 1.48 bits per heavy atom. The normalized spacial score (nSPS) is 26.6. The molecule has 1 aliphatic heterocycles. The van der Waals surface area contributed by atoms with E-state index in [2.05, 4.69) is 9.97 Å². The van der Waals surface area contributed by atoms with E-state index >= 15 is 0 Å². The third kappa shape index (κ3) is 1.94. The topological polar surface area (TPSA) is 69.2 Å². The van der Waals surface area contributed by atoms with Gasteiger partial charge in [-0.15, -0.1) is 0 Å². The lowest BCUT2D eigenvalue weighted by Crippen LogP contribution is -2.37. The molecule has 23 heavy (non-hydrogen) atoms. The largest absolute Gasteiger partial charge is 0.465 e. The maximum atomic E-state index is 12.9. The van der Waals surface area contributed by atoms with E-state index in [1.54, 1.807) is 0 Å². The van der Waals surface area contributed by atoms with Crippen LogP contribution in [0.1, 0.15) is 24.2 Å². The van der Waals surface area contributed by atoms with E-state index in [9.17, 15) is 23.1 Å². The molecule has 2 N–H and O–H groups in total. The van der Waals surface area contributed by atoms with Gasteiger partial charge in [0.15, 0.2) is 0 Å². The lowest BCUT2D eigenvalue weighted by molar-refractivity contribution is -0.137. The van der Waals surface area contributed by atoms with Crippen molar-refractivity contribution in [2.45, 2.75) is 24.6 Å². The highest BCUT2D eigenvalue weighted by Gasteiger charge is 2.66. The molecule has 9 heteroatoms. The van der Waals surface area contributed by atoms with Crippen LogP contribution < -0.4 is 0 Å². The van der Waals surface area contributed by atoms with Crippen molar-refractivity contribution in [3.8, 4) is 0 Å². The van der Waals surface area contributed by atoms with E-state index in [1.165, 1.54) is 11.0 Å². The number of rotatable bonds is 1. The number of carboxylic acid groups (broad SMARTS) is 1. The van der Waals surface area contributed by atoms with Gasteiger partial charge in [0.25, 0.3) is 0 Å². The number of carbonyl (C=O) groups is 1. The van der Waals surface area contributed by atoms with Gasteiger partial charge < -0.3 is 10.1 Å². The van der Waals surface area contributed by atoms with Crippen molar-refractivity contribution in [3.63, 3.8) is 0 Å². The van der Waals surface area contributed by atoms with Gasteiger partial charge in [-0.1, -0.05) is 11.6 Å². The summed E-state index contributed by atoms with van der Waals surface area (Å²) in [5, 5.41) is 8.91. The Balaban J connectivity index is 1.83. The van der Waals surface area contributed by atoms with Crippen LogP contribution in [0.15, 0.2) is 12.1 Å². The van der Waals surface area contributed by atoms with E-state index in [0.717, 1.165) is 12.5 Å². The number of piperidine rings is 1. The first-order valence-electron chi connectivity index (χ1n) is 7.01. The highest BCUT2D eigenvalue weighted by atomic mass is 35.5. The molecule has 1 aromatic heterocycles. The number of H-pyrrole nitrogens is 1. The molecule has 2 heterocycles. The predicted octanol–water partition coefficient (Wildman–Crippen LogP) is 3.83. The van der Waals surface area contributed by atoms with Crippen LogP contribution in [0.3, 0.4) is 0 Å². The molecule has 0 spiro atoms. The summed E-state index contributed by atoms with van der Waals surface area (Å²) in [7, 11) is 0. The second-order valence-corrected chi connectivity index (χ2v) is 6.39. The lowest BCUT2D eigenvalue weighted by atomic mass is 10.2. The number of halogens is 4. The van der Waals surface area contributed by atoms with Gasteiger partial charge >= 0.3 is 12.3 Å². The van der Waals surface area contributed by atoms with Gasteiger partial charge in [-0.25, -0.2) is 9.78 Å². The van der Waals surface area contributed by atoms with Crippen molar-refractivity contribution in [2.75, 3.05) is 6.54 Å². The minimum atomic E-state index is -4.56. The zero-order valence-electron chi connectivity index (χ0n) is 11.6. The molecular weight excluding hydrogens is 335 g/mol. The van der Waals surface area contributed by atoms with Crippen molar-refractivity contribution in [2.24, 2.45) is 5.92 Å². The fraction of sp³-hybridized carbons (Fsp3) is 0.429. The fourth-order valence-corrected chi connectivity index (χ4v) is 3.88. The molecule has 122 valence electrons. The number of nitrogens with zero attached hydrogens (tertiary/aromatic N) is 2. The van der Waals surface area contributed by atoms with Crippen LogP contribution in [0.25, 0.3) is 11.0 Å². The number of likely N-dealkylation sites (tertiary alicyclic amines) is 1. The van der Waals surface area contributed by atoms with Crippen LogP contribution >= 0.6 is 11.6 Å². The lowest BCUT2D eigenvalue weighted by Gasteiger charge is -2.23. The SMILES string of the molecule is O=C(O)N1CC[C@@H]2C[C@@]21c1nc2cc(C(F)(F)F)c(Cl)cc2[nH]1. The average molecular weight is 346 g/mol. The Labute approximate surface area is 133 Å². The number of imidazole rings is 1. The van der Waals surface area contributed by atoms with Crippen LogP contribution in [-0.4, -0.2) is 32.6 Å². The third-order valence-electron chi connectivity index (χ3n) is 4.77. The number of benzene rings is 1. The molecule has 1 aromatic carbocycles. The number of alkyl halides is 3. The molecule has 2 atom stereocenters. The molecule has 0 radical (unpaired) electrons. The first-order chi connectivity index (χ1) is 10.7. The Morgan fingerprint density at radius 3 is 2.83 bits per heavy atom. The Hall–Kier alpha value is -1.96. The molecule has 4 rings (SSSR count). The van der Waals surface area contributed by atoms with Gasteiger partial charge in [0, 0.05) is 6.54 Å². The summed E-state index contributed by atoms with van der Waals surface area (Å²) in [6.45, 7) is 0.408. The van der Waals surface area contributed by atoms with Crippen molar-refractivity contribution in [1.82, 2.24) is 14.9 Å². The summed E-state index contributed by atoms with van der Waals surface area (Å²) >= 11 is 5.71. The quantitative estimate of drug-likeness (QED) is 0.825. The molecular formula is C14H11ClF3N3O2. The Kier molecular flexibility index (Phi) is 2.74. The zero-order valence-corrected chi connectivity index (χ0v) is 12.4. The van der Waals surface area contributed by atoms with Gasteiger partial charge in [0.1, 0.15) is 11.4 Å². The van der Waals surface area contributed by atoms with Crippen LogP contribution in [0.4, 0.5) is 18.0 Å². The van der Waals surface area contributed by atoms with Gasteiger partial charge in [0.05, 0.1) is 21.6 Å².